The van der Waals surface area contributed by atoms with Crippen LogP contribution in [0.5, 0.6) is 0 Å². The van der Waals surface area contributed by atoms with Crippen LogP contribution in [0.1, 0.15) is 12.5 Å². The molecule has 7 nitrogen and oxygen atoms in total. The number of carbonyl (C=O) groups is 2. The van der Waals surface area contributed by atoms with Gasteiger partial charge in [-0.1, -0.05) is 65.1 Å². The predicted octanol–water partition coefficient (Wildman–Crippen LogP) is 5.01. The van der Waals surface area contributed by atoms with Crippen LogP contribution in [-0.2, 0) is 26.2 Å². The molecule has 11 heteroatoms. The molecule has 0 aliphatic carbocycles. The van der Waals surface area contributed by atoms with Crippen LogP contribution in [0.3, 0.4) is 0 Å². The minimum absolute atomic E-state index is 0.0189. The maximum absolute atomic E-state index is 13.7. The van der Waals surface area contributed by atoms with E-state index >= 15 is 0 Å². The molecule has 0 aromatic heterocycles. The molecule has 0 spiro atoms. The predicted molar refractivity (Wildman–Crippen MR) is 143 cm³/mol. The van der Waals surface area contributed by atoms with Gasteiger partial charge in [0.25, 0.3) is 10.0 Å². The van der Waals surface area contributed by atoms with Crippen LogP contribution in [0.25, 0.3) is 0 Å². The first kappa shape index (κ1) is 27.8. The van der Waals surface area contributed by atoms with Crippen molar-refractivity contribution in [3.8, 4) is 0 Å². The first-order valence-corrected chi connectivity index (χ1v) is 13.4. The van der Waals surface area contributed by atoms with E-state index in [-0.39, 0.29) is 27.2 Å². The summed E-state index contributed by atoms with van der Waals surface area (Å²) >= 11 is 18.4. The molecule has 0 aliphatic rings. The van der Waals surface area contributed by atoms with Crippen molar-refractivity contribution in [3.05, 3.63) is 93.4 Å². The highest BCUT2D eigenvalue weighted by molar-refractivity contribution is 7.92. The van der Waals surface area contributed by atoms with Crippen LogP contribution >= 0.6 is 34.8 Å². The number of anilines is 1. The lowest BCUT2D eigenvalue weighted by atomic mass is 10.1. The fourth-order valence-corrected chi connectivity index (χ4v) is 5.70. The Morgan fingerprint density at radius 3 is 2.11 bits per heavy atom. The van der Waals surface area contributed by atoms with Crippen molar-refractivity contribution < 1.29 is 18.0 Å². The van der Waals surface area contributed by atoms with Crippen LogP contribution in [0.15, 0.2) is 77.7 Å². The molecule has 0 saturated heterocycles. The van der Waals surface area contributed by atoms with Gasteiger partial charge in [-0.05, 0) is 55.0 Å². The summed E-state index contributed by atoms with van der Waals surface area (Å²) < 4.78 is 28.2. The number of sulfonamides is 1. The quantitative estimate of drug-likeness (QED) is 0.393. The Labute approximate surface area is 225 Å². The van der Waals surface area contributed by atoms with Crippen molar-refractivity contribution >= 4 is 62.3 Å². The summed E-state index contributed by atoms with van der Waals surface area (Å²) in [7, 11) is -2.74. The minimum Gasteiger partial charge on any atom is -0.357 e. The molecule has 2 amide bonds. The fourth-order valence-electron chi connectivity index (χ4n) is 3.56. The van der Waals surface area contributed by atoms with Gasteiger partial charge in [0.05, 0.1) is 10.6 Å². The molecule has 1 atom stereocenters. The third-order valence-corrected chi connectivity index (χ3v) is 7.86. The number of amides is 2. The summed E-state index contributed by atoms with van der Waals surface area (Å²) in [5.41, 5.74) is 0.787. The van der Waals surface area contributed by atoms with Crippen molar-refractivity contribution in [1.82, 2.24) is 10.2 Å². The summed E-state index contributed by atoms with van der Waals surface area (Å²) in [5.74, 6) is -1.02. The fraction of sp³-hybridized carbons (Fsp3) is 0.200. The third-order valence-electron chi connectivity index (χ3n) is 5.40. The molecule has 3 aromatic carbocycles. The first-order chi connectivity index (χ1) is 17.0. The van der Waals surface area contributed by atoms with Gasteiger partial charge >= 0.3 is 0 Å². The van der Waals surface area contributed by atoms with Crippen molar-refractivity contribution in [2.24, 2.45) is 0 Å². The standard InChI is InChI=1S/C25H24Cl3N3O4S/c1-17(25(33)29-2)30(15-18-7-6-8-19(26)11-18)24(32)16-31(22-13-20(27)12-21(28)14-22)36(34,35)23-9-4-3-5-10-23/h3-14,17H,15-16H2,1-2H3,(H,29,33)/t17-/m0/s1. The second-order valence-corrected chi connectivity index (χ2v) is 11.1. The van der Waals surface area contributed by atoms with E-state index in [4.69, 9.17) is 34.8 Å². The van der Waals surface area contributed by atoms with E-state index in [1.807, 2.05) is 0 Å². The highest BCUT2D eigenvalue weighted by Crippen LogP contribution is 2.30. The van der Waals surface area contributed by atoms with E-state index in [1.54, 1.807) is 49.4 Å². The topological polar surface area (TPSA) is 86.8 Å². The average molecular weight is 569 g/mol. The van der Waals surface area contributed by atoms with E-state index in [1.165, 1.54) is 42.3 Å². The van der Waals surface area contributed by atoms with Crippen LogP contribution in [0.4, 0.5) is 5.69 Å². The molecule has 0 aliphatic heterocycles. The van der Waals surface area contributed by atoms with Crippen molar-refractivity contribution in [1.29, 1.82) is 0 Å². The van der Waals surface area contributed by atoms with Gasteiger partial charge in [-0.3, -0.25) is 13.9 Å². The molecule has 3 aromatic rings. The van der Waals surface area contributed by atoms with Gasteiger partial charge < -0.3 is 10.2 Å². The Kier molecular flexibility index (Phi) is 9.24. The first-order valence-electron chi connectivity index (χ1n) is 10.8. The van der Waals surface area contributed by atoms with Gasteiger partial charge in [0.15, 0.2) is 0 Å². The molecule has 0 heterocycles. The monoisotopic (exact) mass is 567 g/mol. The van der Waals surface area contributed by atoms with Gasteiger partial charge in [-0.2, -0.15) is 0 Å². The average Bonchev–Trinajstić information content (AvgIpc) is 2.84. The smallest absolute Gasteiger partial charge is 0.264 e. The molecule has 0 fully saturated rings. The number of benzene rings is 3. The number of likely N-dealkylation sites (N-methyl/N-ethyl adjacent to an activating group) is 1. The SMILES string of the molecule is CNC(=O)[C@H](C)N(Cc1cccc(Cl)c1)C(=O)CN(c1cc(Cl)cc(Cl)c1)S(=O)(=O)c1ccccc1. The lowest BCUT2D eigenvalue weighted by molar-refractivity contribution is -0.139. The third kappa shape index (κ3) is 6.70. The molecule has 0 unspecified atom stereocenters. The summed E-state index contributed by atoms with van der Waals surface area (Å²) in [6.07, 6.45) is 0. The molecule has 0 radical (unpaired) electrons. The van der Waals surface area contributed by atoms with E-state index in [0.29, 0.717) is 10.6 Å². The van der Waals surface area contributed by atoms with Gasteiger partial charge in [-0.25, -0.2) is 8.42 Å². The van der Waals surface area contributed by atoms with Gasteiger partial charge in [-0.15, -0.1) is 0 Å². The van der Waals surface area contributed by atoms with Crippen LogP contribution in [0.2, 0.25) is 15.1 Å². The highest BCUT2D eigenvalue weighted by Gasteiger charge is 2.32. The molecule has 1 N–H and O–H groups in total. The Morgan fingerprint density at radius 2 is 1.53 bits per heavy atom. The highest BCUT2D eigenvalue weighted by atomic mass is 35.5. The van der Waals surface area contributed by atoms with Crippen LogP contribution < -0.4 is 9.62 Å². The second kappa shape index (κ2) is 12.0. The van der Waals surface area contributed by atoms with Gasteiger partial charge in [0, 0.05) is 28.7 Å². The summed E-state index contributed by atoms with van der Waals surface area (Å²) in [6, 6.07) is 17.9. The van der Waals surface area contributed by atoms with E-state index < -0.39 is 34.4 Å². The molecule has 0 saturated carbocycles. The zero-order chi connectivity index (χ0) is 26.5. The number of hydrogen-bond donors (Lipinski definition) is 1. The van der Waals surface area contributed by atoms with Crippen LogP contribution in [-0.4, -0.2) is 44.8 Å². The van der Waals surface area contributed by atoms with Gasteiger partial charge in [0.2, 0.25) is 11.8 Å². The number of nitrogens with one attached hydrogen (secondary N) is 1. The minimum atomic E-state index is -4.20. The number of nitrogens with zero attached hydrogens (tertiary/aromatic N) is 2. The lowest BCUT2D eigenvalue weighted by Crippen LogP contribution is -2.50. The van der Waals surface area contributed by atoms with E-state index in [0.717, 1.165) is 4.31 Å². The lowest BCUT2D eigenvalue weighted by Gasteiger charge is -2.32. The number of hydrogen-bond acceptors (Lipinski definition) is 4. The van der Waals surface area contributed by atoms with E-state index in [9.17, 15) is 18.0 Å². The number of carbonyl (C=O) groups excluding carboxylic acids is 2. The zero-order valence-electron chi connectivity index (χ0n) is 19.5. The molecular weight excluding hydrogens is 545 g/mol. The zero-order valence-corrected chi connectivity index (χ0v) is 22.6. The summed E-state index contributed by atoms with van der Waals surface area (Å²) in [5, 5.41) is 3.40. The largest absolute Gasteiger partial charge is 0.357 e. The maximum Gasteiger partial charge on any atom is 0.264 e. The Bertz CT molecular complexity index is 1330. The Balaban J connectivity index is 2.06. The molecule has 0 bridgehead atoms. The number of rotatable bonds is 9. The summed E-state index contributed by atoms with van der Waals surface area (Å²) in [4.78, 5) is 27.4. The number of halogens is 3. The van der Waals surface area contributed by atoms with Crippen molar-refractivity contribution in [2.45, 2.75) is 24.4 Å². The Hall–Kier alpha value is -2.78. The molecular formula is C25H24Cl3N3O4S. The van der Waals surface area contributed by atoms with Crippen LogP contribution in [0, 0.1) is 0 Å². The van der Waals surface area contributed by atoms with E-state index in [2.05, 4.69) is 5.32 Å². The Morgan fingerprint density at radius 1 is 0.889 bits per heavy atom. The molecule has 190 valence electrons. The molecule has 3 rings (SSSR count). The van der Waals surface area contributed by atoms with Crippen molar-refractivity contribution in [3.63, 3.8) is 0 Å². The normalized spacial score (nSPS) is 12.0. The second-order valence-electron chi connectivity index (χ2n) is 7.89. The van der Waals surface area contributed by atoms with Gasteiger partial charge in [0.1, 0.15) is 12.6 Å². The maximum atomic E-state index is 13.7. The van der Waals surface area contributed by atoms with Crippen molar-refractivity contribution in [2.75, 3.05) is 17.9 Å². The summed E-state index contributed by atoms with van der Waals surface area (Å²) in [6.45, 7) is 0.993. The molecule has 36 heavy (non-hydrogen) atoms.